The van der Waals surface area contributed by atoms with E-state index >= 15 is 0 Å². The Morgan fingerprint density at radius 1 is 0.939 bits per heavy atom. The van der Waals surface area contributed by atoms with E-state index in [4.69, 9.17) is 5.11 Å². The maximum Gasteiger partial charge on any atom is 0.416 e. The Balaban J connectivity index is 1.48. The normalized spacial score (nSPS) is 14.9. The van der Waals surface area contributed by atoms with Crippen LogP contribution in [-0.2, 0) is 12.7 Å². The summed E-state index contributed by atoms with van der Waals surface area (Å²) in [7, 11) is 0. The Morgan fingerprint density at radius 2 is 1.64 bits per heavy atom. The molecule has 172 valence electrons. The van der Waals surface area contributed by atoms with Gasteiger partial charge in [-0.05, 0) is 59.7 Å². The van der Waals surface area contributed by atoms with E-state index in [0.29, 0.717) is 49.4 Å². The Labute approximate surface area is 188 Å². The van der Waals surface area contributed by atoms with Crippen LogP contribution in [0.15, 0.2) is 60.9 Å². The molecule has 2 N–H and O–H groups in total. The predicted molar refractivity (Wildman–Crippen MR) is 117 cm³/mol. The molecule has 4 rings (SSSR count). The molecule has 3 aromatic rings. The first-order chi connectivity index (χ1) is 15.7. The van der Waals surface area contributed by atoms with Crippen LogP contribution < -0.4 is 4.90 Å². The van der Waals surface area contributed by atoms with Gasteiger partial charge in [-0.1, -0.05) is 0 Å². The highest BCUT2D eigenvalue weighted by atomic mass is 19.4. The van der Waals surface area contributed by atoms with Gasteiger partial charge in [-0.2, -0.15) is 13.2 Å². The van der Waals surface area contributed by atoms with Gasteiger partial charge in [0.05, 0.1) is 17.3 Å². The summed E-state index contributed by atoms with van der Waals surface area (Å²) in [6.07, 6.45) is -1.84. The number of alkyl halides is 3. The number of aromatic nitrogens is 1. The number of carbonyl (C=O) groups is 1. The molecule has 1 fully saturated rings. The van der Waals surface area contributed by atoms with Gasteiger partial charge in [0.2, 0.25) is 0 Å². The van der Waals surface area contributed by atoms with Gasteiger partial charge in [0.1, 0.15) is 5.75 Å². The van der Waals surface area contributed by atoms with E-state index in [-0.39, 0.29) is 11.3 Å². The highest BCUT2D eigenvalue weighted by molar-refractivity contribution is 5.88. The molecule has 0 atom stereocenters. The van der Waals surface area contributed by atoms with Crippen molar-refractivity contribution in [3.8, 4) is 16.9 Å². The fraction of sp³-hybridized carbons (Fsp3) is 0.250. The van der Waals surface area contributed by atoms with Crippen molar-refractivity contribution in [2.45, 2.75) is 12.7 Å². The number of aromatic carboxylic acids is 1. The van der Waals surface area contributed by atoms with E-state index in [1.807, 2.05) is 0 Å². The average Bonchev–Trinajstić information content (AvgIpc) is 2.79. The molecule has 0 aliphatic carbocycles. The minimum atomic E-state index is -4.49. The lowest BCUT2D eigenvalue weighted by Gasteiger charge is -2.36. The summed E-state index contributed by atoms with van der Waals surface area (Å²) >= 11 is 0. The number of anilines is 1. The van der Waals surface area contributed by atoms with Gasteiger partial charge in [-0.25, -0.2) is 4.79 Å². The molecule has 1 aromatic heterocycles. The molecular weight excluding hydrogens is 435 g/mol. The number of benzene rings is 2. The molecule has 1 aliphatic rings. The zero-order valence-electron chi connectivity index (χ0n) is 17.6. The van der Waals surface area contributed by atoms with Crippen LogP contribution in [-0.4, -0.2) is 52.2 Å². The molecule has 0 saturated carbocycles. The largest absolute Gasteiger partial charge is 0.506 e. The first kappa shape index (κ1) is 22.6. The number of hydrogen-bond acceptors (Lipinski definition) is 5. The second kappa shape index (κ2) is 9.11. The molecule has 0 radical (unpaired) electrons. The van der Waals surface area contributed by atoms with Crippen LogP contribution >= 0.6 is 0 Å². The van der Waals surface area contributed by atoms with E-state index in [2.05, 4.69) is 14.8 Å². The summed E-state index contributed by atoms with van der Waals surface area (Å²) in [6.45, 7) is 3.01. The van der Waals surface area contributed by atoms with Crippen molar-refractivity contribution in [3.63, 3.8) is 0 Å². The summed E-state index contributed by atoms with van der Waals surface area (Å²) < 4.78 is 40.6. The standard InChI is InChI=1S/C24H22F3N3O3/c25-24(26,27)20-10-16(9-18(11-20)19-12-22(31)14-28-13-19)15-29-5-7-30(8-6-29)21-3-1-17(2-4-21)23(32)33/h1-4,9-14,31H,5-8,15H2,(H,32,33). The molecule has 0 spiro atoms. The van der Waals surface area contributed by atoms with Crippen molar-refractivity contribution in [1.29, 1.82) is 0 Å². The quantitative estimate of drug-likeness (QED) is 0.588. The first-order valence-corrected chi connectivity index (χ1v) is 10.4. The lowest BCUT2D eigenvalue weighted by atomic mass is 10.00. The number of hydrogen-bond donors (Lipinski definition) is 2. The van der Waals surface area contributed by atoms with Gasteiger partial charge >= 0.3 is 12.1 Å². The predicted octanol–water partition coefficient (Wildman–Crippen LogP) is 4.49. The number of pyridine rings is 1. The zero-order valence-corrected chi connectivity index (χ0v) is 17.6. The Kier molecular flexibility index (Phi) is 6.24. The third kappa shape index (κ3) is 5.43. The van der Waals surface area contributed by atoms with Crippen LogP contribution in [0.2, 0.25) is 0 Å². The van der Waals surface area contributed by atoms with Crippen molar-refractivity contribution in [3.05, 3.63) is 77.6 Å². The molecule has 0 amide bonds. The third-order valence-electron chi connectivity index (χ3n) is 5.64. The van der Waals surface area contributed by atoms with E-state index in [1.165, 1.54) is 18.5 Å². The minimum Gasteiger partial charge on any atom is -0.506 e. The number of piperazine rings is 1. The summed E-state index contributed by atoms with van der Waals surface area (Å²) in [5, 5.41) is 18.7. The Morgan fingerprint density at radius 3 is 2.24 bits per heavy atom. The average molecular weight is 457 g/mol. The van der Waals surface area contributed by atoms with Gasteiger partial charge in [0.25, 0.3) is 0 Å². The summed E-state index contributed by atoms with van der Waals surface area (Å²) in [5.74, 6) is -1.09. The van der Waals surface area contributed by atoms with Crippen LogP contribution in [0.3, 0.4) is 0 Å². The van der Waals surface area contributed by atoms with Crippen molar-refractivity contribution in [2.75, 3.05) is 31.1 Å². The smallest absolute Gasteiger partial charge is 0.416 e. The fourth-order valence-electron chi connectivity index (χ4n) is 3.94. The number of carboxylic acids is 1. The maximum absolute atomic E-state index is 13.5. The van der Waals surface area contributed by atoms with Crippen molar-refractivity contribution >= 4 is 11.7 Å². The number of nitrogens with zero attached hydrogens (tertiary/aromatic N) is 3. The second-order valence-electron chi connectivity index (χ2n) is 7.96. The molecule has 33 heavy (non-hydrogen) atoms. The van der Waals surface area contributed by atoms with Gasteiger partial charge in [-0.15, -0.1) is 0 Å². The van der Waals surface area contributed by atoms with Gasteiger partial charge in [-0.3, -0.25) is 9.88 Å². The highest BCUT2D eigenvalue weighted by Gasteiger charge is 2.31. The maximum atomic E-state index is 13.5. The molecule has 9 heteroatoms. The van der Waals surface area contributed by atoms with Gasteiger partial charge in [0, 0.05) is 50.2 Å². The number of rotatable bonds is 5. The monoisotopic (exact) mass is 457 g/mol. The Hall–Kier alpha value is -3.59. The third-order valence-corrected chi connectivity index (χ3v) is 5.64. The van der Waals surface area contributed by atoms with Crippen molar-refractivity contribution in [2.24, 2.45) is 0 Å². The van der Waals surface area contributed by atoms with E-state index in [1.54, 1.807) is 30.3 Å². The SMILES string of the molecule is O=C(O)c1ccc(N2CCN(Cc3cc(-c4cncc(O)c4)cc(C(F)(F)F)c3)CC2)cc1. The number of halogens is 3. The lowest BCUT2D eigenvalue weighted by Crippen LogP contribution is -2.46. The van der Waals surface area contributed by atoms with Crippen LogP contribution in [0.1, 0.15) is 21.5 Å². The molecular formula is C24H22F3N3O3. The first-order valence-electron chi connectivity index (χ1n) is 10.4. The van der Waals surface area contributed by atoms with Crippen LogP contribution in [0.4, 0.5) is 18.9 Å². The van der Waals surface area contributed by atoms with Crippen molar-refractivity contribution < 1.29 is 28.2 Å². The molecule has 6 nitrogen and oxygen atoms in total. The van der Waals surface area contributed by atoms with Crippen molar-refractivity contribution in [1.82, 2.24) is 9.88 Å². The highest BCUT2D eigenvalue weighted by Crippen LogP contribution is 2.34. The number of aromatic hydroxyl groups is 1. The van der Waals surface area contributed by atoms with Crippen LogP contribution in [0.5, 0.6) is 5.75 Å². The minimum absolute atomic E-state index is 0.112. The second-order valence-corrected chi connectivity index (χ2v) is 7.96. The molecule has 1 aliphatic heterocycles. The summed E-state index contributed by atoms with van der Waals surface area (Å²) in [6, 6.07) is 12.0. The molecule has 2 heterocycles. The number of carboxylic acid groups (broad SMARTS) is 1. The molecule has 0 unspecified atom stereocenters. The van der Waals surface area contributed by atoms with Gasteiger partial charge in [0.15, 0.2) is 0 Å². The summed E-state index contributed by atoms with van der Waals surface area (Å²) in [5.41, 5.74) is 1.69. The molecule has 1 saturated heterocycles. The van der Waals surface area contributed by atoms with Crippen LogP contribution in [0.25, 0.3) is 11.1 Å². The Bertz CT molecular complexity index is 1140. The lowest BCUT2D eigenvalue weighted by molar-refractivity contribution is -0.137. The van der Waals surface area contributed by atoms with E-state index < -0.39 is 17.7 Å². The molecule has 0 bridgehead atoms. The van der Waals surface area contributed by atoms with Gasteiger partial charge < -0.3 is 15.1 Å². The summed E-state index contributed by atoms with van der Waals surface area (Å²) in [4.78, 5) is 19.1. The van der Waals surface area contributed by atoms with E-state index in [0.717, 1.165) is 17.8 Å². The van der Waals surface area contributed by atoms with Crippen LogP contribution in [0, 0.1) is 0 Å². The fourth-order valence-corrected chi connectivity index (χ4v) is 3.94. The zero-order chi connectivity index (χ0) is 23.6. The van der Waals surface area contributed by atoms with E-state index in [9.17, 15) is 23.1 Å². The molecule has 2 aromatic carbocycles. The topological polar surface area (TPSA) is 76.9 Å².